The number of nitrogens with zero attached hydrogens (tertiary/aromatic N) is 1. The summed E-state index contributed by atoms with van der Waals surface area (Å²) >= 11 is 6.04. The lowest BCUT2D eigenvalue weighted by atomic mass is 9.79. The second-order valence-electron chi connectivity index (χ2n) is 4.45. The molecule has 1 aromatic heterocycles. The van der Waals surface area contributed by atoms with Crippen molar-refractivity contribution in [3.05, 3.63) is 28.5 Å². The fourth-order valence-electron chi connectivity index (χ4n) is 2.67. The van der Waals surface area contributed by atoms with Crippen LogP contribution in [0.4, 0.5) is 0 Å². The molecule has 0 atom stereocenters. The minimum absolute atomic E-state index is 0.268. The number of carbonyl (C=O) groups excluding carboxylic acids is 1. The predicted octanol–water partition coefficient (Wildman–Crippen LogP) is 2.60. The largest absolute Gasteiger partial charge is 0.365 e. The number of pyridine rings is 1. The van der Waals surface area contributed by atoms with Gasteiger partial charge < -0.3 is 4.74 Å². The number of halogens is 1. The number of aromatic nitrogens is 1. The van der Waals surface area contributed by atoms with Crippen molar-refractivity contribution in [2.45, 2.75) is 37.9 Å². The quantitative estimate of drug-likeness (QED) is 0.651. The molecule has 1 fully saturated rings. The summed E-state index contributed by atoms with van der Waals surface area (Å²) in [4.78, 5) is 15.4. The molecular formula is C12H12ClNO2. The van der Waals surface area contributed by atoms with E-state index >= 15 is 0 Å². The van der Waals surface area contributed by atoms with E-state index in [9.17, 15) is 4.79 Å². The number of carbonyl (C=O) groups is 1. The first-order chi connectivity index (χ1) is 7.71. The average Bonchev–Trinajstić information content (AvgIpc) is 2.64. The van der Waals surface area contributed by atoms with E-state index in [0.29, 0.717) is 30.4 Å². The molecule has 0 aromatic carbocycles. The van der Waals surface area contributed by atoms with Gasteiger partial charge in [-0.15, -0.1) is 0 Å². The van der Waals surface area contributed by atoms with Crippen LogP contribution in [0.15, 0.2) is 12.3 Å². The summed E-state index contributed by atoms with van der Waals surface area (Å²) in [5.74, 6) is 0.336. The standard InChI is InChI=1S/C12H12ClNO2/c13-11-9-7-16-12(10(9)3-6-14-11)4-1-8(15)2-5-12/h3,6H,1-2,4-5,7H2. The Morgan fingerprint density at radius 1 is 1.38 bits per heavy atom. The summed E-state index contributed by atoms with van der Waals surface area (Å²) in [5.41, 5.74) is 1.87. The topological polar surface area (TPSA) is 39.2 Å². The molecule has 2 heterocycles. The molecule has 0 N–H and O–H groups in total. The van der Waals surface area contributed by atoms with Crippen LogP contribution < -0.4 is 0 Å². The van der Waals surface area contributed by atoms with E-state index in [0.717, 1.165) is 24.0 Å². The van der Waals surface area contributed by atoms with Gasteiger partial charge in [0.1, 0.15) is 10.9 Å². The number of hydrogen-bond acceptors (Lipinski definition) is 3. The van der Waals surface area contributed by atoms with E-state index in [1.807, 2.05) is 6.07 Å². The van der Waals surface area contributed by atoms with Crippen molar-refractivity contribution in [1.82, 2.24) is 4.98 Å². The molecule has 3 rings (SSSR count). The van der Waals surface area contributed by atoms with Crippen LogP contribution in [0, 0.1) is 0 Å². The molecule has 1 aliphatic carbocycles. The van der Waals surface area contributed by atoms with Crippen molar-refractivity contribution < 1.29 is 9.53 Å². The van der Waals surface area contributed by atoms with Gasteiger partial charge in [-0.05, 0) is 24.5 Å². The highest BCUT2D eigenvalue weighted by atomic mass is 35.5. The van der Waals surface area contributed by atoms with E-state index < -0.39 is 0 Å². The Bertz CT molecular complexity index is 448. The maximum absolute atomic E-state index is 11.3. The van der Waals surface area contributed by atoms with E-state index in [4.69, 9.17) is 16.3 Å². The molecule has 84 valence electrons. The number of fused-ring (bicyclic) bond motifs is 2. The smallest absolute Gasteiger partial charge is 0.134 e. The maximum Gasteiger partial charge on any atom is 0.134 e. The number of ether oxygens (including phenoxy) is 1. The lowest BCUT2D eigenvalue weighted by Crippen LogP contribution is -2.31. The maximum atomic E-state index is 11.3. The molecule has 4 heteroatoms. The second kappa shape index (κ2) is 3.54. The van der Waals surface area contributed by atoms with E-state index in [2.05, 4.69) is 4.98 Å². The van der Waals surface area contributed by atoms with Gasteiger partial charge in [0.25, 0.3) is 0 Å². The highest BCUT2D eigenvalue weighted by molar-refractivity contribution is 6.30. The molecule has 0 saturated heterocycles. The molecule has 1 aromatic rings. The highest BCUT2D eigenvalue weighted by Gasteiger charge is 2.43. The fourth-order valence-corrected chi connectivity index (χ4v) is 2.88. The van der Waals surface area contributed by atoms with Crippen molar-refractivity contribution in [2.75, 3.05) is 0 Å². The third-order valence-electron chi connectivity index (χ3n) is 3.60. The fraction of sp³-hybridized carbons (Fsp3) is 0.500. The van der Waals surface area contributed by atoms with Gasteiger partial charge in [0, 0.05) is 24.6 Å². The summed E-state index contributed by atoms with van der Waals surface area (Å²) < 4.78 is 5.90. The van der Waals surface area contributed by atoms with E-state index in [-0.39, 0.29) is 5.60 Å². The van der Waals surface area contributed by atoms with Crippen LogP contribution in [0.1, 0.15) is 36.8 Å². The average molecular weight is 238 g/mol. The molecule has 0 amide bonds. The SMILES string of the molecule is O=C1CCC2(CC1)OCc1c2ccnc1Cl. The number of hydrogen-bond donors (Lipinski definition) is 0. The zero-order valence-corrected chi connectivity index (χ0v) is 9.59. The first-order valence-corrected chi connectivity index (χ1v) is 5.89. The van der Waals surface area contributed by atoms with Crippen LogP contribution >= 0.6 is 11.6 Å². The van der Waals surface area contributed by atoms with E-state index in [1.54, 1.807) is 6.20 Å². The molecule has 1 spiro atoms. The first-order valence-electron chi connectivity index (χ1n) is 5.51. The molecule has 3 nitrogen and oxygen atoms in total. The van der Waals surface area contributed by atoms with Crippen molar-refractivity contribution in [3.8, 4) is 0 Å². The number of Topliss-reactive ketones (excluding diaryl/α,β-unsaturated/α-hetero) is 1. The Morgan fingerprint density at radius 2 is 2.12 bits per heavy atom. The van der Waals surface area contributed by atoms with Crippen LogP contribution in [0.2, 0.25) is 5.15 Å². The van der Waals surface area contributed by atoms with Gasteiger partial charge in [0.05, 0.1) is 12.2 Å². The molecule has 1 saturated carbocycles. The van der Waals surface area contributed by atoms with Crippen molar-refractivity contribution in [3.63, 3.8) is 0 Å². The van der Waals surface area contributed by atoms with Gasteiger partial charge in [0.15, 0.2) is 0 Å². The second-order valence-corrected chi connectivity index (χ2v) is 4.81. The number of ketones is 1. The van der Waals surface area contributed by atoms with Crippen LogP contribution in [-0.2, 0) is 21.7 Å². The summed E-state index contributed by atoms with van der Waals surface area (Å²) in [7, 11) is 0. The predicted molar refractivity (Wildman–Crippen MR) is 59.2 cm³/mol. The molecule has 0 radical (unpaired) electrons. The van der Waals surface area contributed by atoms with Gasteiger partial charge in [-0.1, -0.05) is 11.6 Å². The van der Waals surface area contributed by atoms with Gasteiger partial charge in [-0.3, -0.25) is 4.79 Å². The lowest BCUT2D eigenvalue weighted by molar-refractivity contribution is -0.129. The first kappa shape index (κ1) is 10.2. The van der Waals surface area contributed by atoms with Crippen LogP contribution in [0.25, 0.3) is 0 Å². The Hall–Kier alpha value is -0.930. The zero-order valence-electron chi connectivity index (χ0n) is 8.83. The monoisotopic (exact) mass is 237 g/mol. The molecule has 16 heavy (non-hydrogen) atoms. The molecular weight excluding hydrogens is 226 g/mol. The van der Waals surface area contributed by atoms with Crippen LogP contribution in [0.3, 0.4) is 0 Å². The third-order valence-corrected chi connectivity index (χ3v) is 3.93. The van der Waals surface area contributed by atoms with Crippen molar-refractivity contribution in [2.24, 2.45) is 0 Å². The van der Waals surface area contributed by atoms with Gasteiger partial charge in [0.2, 0.25) is 0 Å². The Labute approximate surface area is 98.8 Å². The van der Waals surface area contributed by atoms with Gasteiger partial charge >= 0.3 is 0 Å². The Balaban J connectivity index is 2.02. The Kier molecular flexibility index (Phi) is 2.26. The summed E-state index contributed by atoms with van der Waals surface area (Å²) in [6, 6.07) is 1.98. The van der Waals surface area contributed by atoms with Crippen molar-refractivity contribution in [1.29, 1.82) is 0 Å². The third kappa shape index (κ3) is 1.39. The molecule has 0 unspecified atom stereocenters. The molecule has 0 bridgehead atoms. The minimum Gasteiger partial charge on any atom is -0.365 e. The van der Waals surface area contributed by atoms with Crippen LogP contribution in [0.5, 0.6) is 0 Å². The normalized spacial score (nSPS) is 22.4. The van der Waals surface area contributed by atoms with Gasteiger partial charge in [-0.2, -0.15) is 0 Å². The Morgan fingerprint density at radius 3 is 2.88 bits per heavy atom. The zero-order chi connectivity index (χ0) is 11.2. The summed E-state index contributed by atoms with van der Waals surface area (Å²) in [5, 5.41) is 0.534. The van der Waals surface area contributed by atoms with E-state index in [1.165, 1.54) is 0 Å². The van der Waals surface area contributed by atoms with Crippen molar-refractivity contribution >= 4 is 17.4 Å². The lowest BCUT2D eigenvalue weighted by Gasteiger charge is -2.32. The highest BCUT2D eigenvalue weighted by Crippen LogP contribution is 2.47. The molecule has 2 aliphatic rings. The van der Waals surface area contributed by atoms with Crippen LogP contribution in [-0.4, -0.2) is 10.8 Å². The molecule has 1 aliphatic heterocycles. The van der Waals surface area contributed by atoms with Gasteiger partial charge in [-0.25, -0.2) is 4.98 Å². The summed E-state index contributed by atoms with van der Waals surface area (Å²) in [6.07, 6.45) is 4.49. The minimum atomic E-state index is -0.268. The summed E-state index contributed by atoms with van der Waals surface area (Å²) in [6.45, 7) is 0.524. The number of rotatable bonds is 0.